The number of hydrogen-bond donors (Lipinski definition) is 1. The van der Waals surface area contributed by atoms with Crippen molar-refractivity contribution >= 4 is 17.5 Å². The Bertz CT molecular complexity index is 491. The second kappa shape index (κ2) is 5.06. The Balaban J connectivity index is 2.04. The van der Waals surface area contributed by atoms with E-state index >= 15 is 0 Å². The Kier molecular flexibility index (Phi) is 3.49. The van der Waals surface area contributed by atoms with Crippen molar-refractivity contribution < 1.29 is 9.21 Å². The monoisotopic (exact) mass is 249 g/mol. The maximum absolute atomic E-state index is 11.7. The number of carbonyl (C=O) groups excluding carboxylic acids is 1. The fourth-order valence-electron chi connectivity index (χ4n) is 1.51. The lowest BCUT2D eigenvalue weighted by Crippen LogP contribution is -2.26. The van der Waals surface area contributed by atoms with E-state index in [0.29, 0.717) is 10.8 Å². The predicted molar refractivity (Wildman–Crippen MR) is 66.0 cm³/mol. The highest BCUT2D eigenvalue weighted by Gasteiger charge is 2.12. The third-order valence-corrected chi connectivity index (χ3v) is 2.71. The molecule has 88 valence electrons. The number of nitrogens with one attached hydrogen (secondary N) is 1. The van der Waals surface area contributed by atoms with Crippen LogP contribution >= 0.6 is 11.6 Å². The van der Waals surface area contributed by atoms with Gasteiger partial charge in [0.1, 0.15) is 0 Å². The lowest BCUT2D eigenvalue weighted by Gasteiger charge is -2.13. The Morgan fingerprint density at radius 1 is 1.29 bits per heavy atom. The molecule has 0 aliphatic heterocycles. The molecule has 1 N–H and O–H groups in total. The molecule has 3 nitrogen and oxygen atoms in total. The summed E-state index contributed by atoms with van der Waals surface area (Å²) in [4.78, 5) is 11.7. The van der Waals surface area contributed by atoms with Crippen molar-refractivity contribution in [2.45, 2.75) is 13.0 Å². The van der Waals surface area contributed by atoms with E-state index in [4.69, 9.17) is 16.0 Å². The zero-order valence-electron chi connectivity index (χ0n) is 9.31. The molecular formula is C13H12ClNO2. The Labute approximate surface area is 104 Å². The molecule has 0 saturated heterocycles. The molecule has 1 aromatic carbocycles. The molecule has 0 bridgehead atoms. The molecular weight excluding hydrogens is 238 g/mol. The summed E-state index contributed by atoms with van der Waals surface area (Å²) in [7, 11) is 0. The van der Waals surface area contributed by atoms with Crippen LogP contribution in [0.4, 0.5) is 0 Å². The van der Waals surface area contributed by atoms with Crippen LogP contribution in [0.5, 0.6) is 0 Å². The Morgan fingerprint density at radius 2 is 2.00 bits per heavy atom. The lowest BCUT2D eigenvalue weighted by molar-refractivity contribution is 0.0912. The summed E-state index contributed by atoms with van der Waals surface area (Å²) < 4.78 is 5.02. The molecule has 0 spiro atoms. The van der Waals surface area contributed by atoms with Gasteiger partial charge in [-0.1, -0.05) is 23.7 Å². The van der Waals surface area contributed by atoms with Crippen molar-refractivity contribution in [1.29, 1.82) is 0 Å². The highest BCUT2D eigenvalue weighted by Crippen LogP contribution is 2.16. The van der Waals surface area contributed by atoms with Crippen LogP contribution in [0.2, 0.25) is 5.02 Å². The molecule has 4 heteroatoms. The summed E-state index contributed by atoms with van der Waals surface area (Å²) in [5.74, 6) is 0.0864. The van der Waals surface area contributed by atoms with Crippen molar-refractivity contribution in [1.82, 2.24) is 5.32 Å². The molecule has 2 aromatic rings. The van der Waals surface area contributed by atoms with E-state index in [1.54, 1.807) is 24.3 Å². The minimum Gasteiger partial charge on any atom is -0.459 e. The maximum Gasteiger partial charge on any atom is 0.287 e. The summed E-state index contributed by atoms with van der Waals surface area (Å²) >= 11 is 5.80. The molecule has 0 unspecified atom stereocenters. The third kappa shape index (κ3) is 2.88. The van der Waals surface area contributed by atoms with Crippen molar-refractivity contribution in [3.8, 4) is 0 Å². The van der Waals surface area contributed by atoms with Crippen LogP contribution in [-0.4, -0.2) is 5.91 Å². The third-order valence-electron chi connectivity index (χ3n) is 2.46. The fourth-order valence-corrected chi connectivity index (χ4v) is 1.64. The number of rotatable bonds is 3. The summed E-state index contributed by atoms with van der Waals surface area (Å²) in [6.45, 7) is 1.91. The quantitative estimate of drug-likeness (QED) is 0.906. The van der Waals surface area contributed by atoms with E-state index in [2.05, 4.69) is 5.32 Å². The van der Waals surface area contributed by atoms with E-state index < -0.39 is 0 Å². The van der Waals surface area contributed by atoms with Gasteiger partial charge in [-0.15, -0.1) is 0 Å². The highest BCUT2D eigenvalue weighted by molar-refractivity contribution is 6.30. The van der Waals surface area contributed by atoms with Crippen LogP contribution in [0.1, 0.15) is 29.1 Å². The highest BCUT2D eigenvalue weighted by atomic mass is 35.5. The first-order valence-corrected chi connectivity index (χ1v) is 5.64. The number of amides is 1. The molecule has 1 amide bonds. The van der Waals surface area contributed by atoms with Crippen molar-refractivity contribution in [2.75, 3.05) is 0 Å². The van der Waals surface area contributed by atoms with Crippen LogP contribution in [0.3, 0.4) is 0 Å². The average Bonchev–Trinajstić information content (AvgIpc) is 2.83. The average molecular weight is 250 g/mol. The van der Waals surface area contributed by atoms with Crippen LogP contribution in [-0.2, 0) is 0 Å². The topological polar surface area (TPSA) is 42.2 Å². The SMILES string of the molecule is C[C@@H](NC(=O)c1ccco1)c1ccc(Cl)cc1. The standard InChI is InChI=1S/C13H12ClNO2/c1-9(10-4-6-11(14)7-5-10)15-13(16)12-3-2-8-17-12/h2-9H,1H3,(H,15,16)/t9-/m1/s1. The molecule has 0 saturated carbocycles. The van der Waals surface area contributed by atoms with Gasteiger partial charge in [-0.2, -0.15) is 0 Å². The second-order valence-electron chi connectivity index (χ2n) is 3.72. The first kappa shape index (κ1) is 11.7. The molecule has 0 radical (unpaired) electrons. The molecule has 1 heterocycles. The van der Waals surface area contributed by atoms with Gasteiger partial charge in [-0.3, -0.25) is 4.79 Å². The van der Waals surface area contributed by atoms with Gasteiger partial charge in [0.2, 0.25) is 0 Å². The number of furan rings is 1. The van der Waals surface area contributed by atoms with E-state index in [0.717, 1.165) is 5.56 Å². The van der Waals surface area contributed by atoms with Gasteiger partial charge in [0.05, 0.1) is 12.3 Å². The van der Waals surface area contributed by atoms with Gasteiger partial charge in [0, 0.05) is 5.02 Å². The van der Waals surface area contributed by atoms with Crippen LogP contribution in [0.15, 0.2) is 47.1 Å². The van der Waals surface area contributed by atoms with Crippen molar-refractivity contribution in [3.05, 3.63) is 59.0 Å². The summed E-state index contributed by atoms with van der Waals surface area (Å²) in [5.41, 5.74) is 0.995. The minimum absolute atomic E-state index is 0.0927. The minimum atomic E-state index is -0.225. The predicted octanol–water partition coefficient (Wildman–Crippen LogP) is 3.42. The number of halogens is 1. The summed E-state index contributed by atoms with van der Waals surface area (Å²) in [6.07, 6.45) is 1.47. The molecule has 1 atom stereocenters. The van der Waals surface area contributed by atoms with E-state index in [1.165, 1.54) is 6.26 Å². The number of carbonyl (C=O) groups is 1. The summed E-state index contributed by atoms with van der Waals surface area (Å²) in [6, 6.07) is 10.6. The van der Waals surface area contributed by atoms with Gasteiger partial charge in [0.15, 0.2) is 5.76 Å². The lowest BCUT2D eigenvalue weighted by atomic mass is 10.1. The second-order valence-corrected chi connectivity index (χ2v) is 4.16. The van der Waals surface area contributed by atoms with Crippen LogP contribution in [0.25, 0.3) is 0 Å². The molecule has 0 aliphatic carbocycles. The first-order chi connectivity index (χ1) is 8.16. The molecule has 17 heavy (non-hydrogen) atoms. The van der Waals surface area contributed by atoms with Crippen LogP contribution in [0, 0.1) is 0 Å². The van der Waals surface area contributed by atoms with Crippen LogP contribution < -0.4 is 5.32 Å². The fraction of sp³-hybridized carbons (Fsp3) is 0.154. The van der Waals surface area contributed by atoms with E-state index in [9.17, 15) is 4.79 Å². The van der Waals surface area contributed by atoms with Gasteiger partial charge >= 0.3 is 0 Å². The largest absolute Gasteiger partial charge is 0.459 e. The van der Waals surface area contributed by atoms with Gasteiger partial charge in [-0.25, -0.2) is 0 Å². The normalized spacial score (nSPS) is 12.1. The smallest absolute Gasteiger partial charge is 0.287 e. The number of hydrogen-bond acceptors (Lipinski definition) is 2. The van der Waals surface area contributed by atoms with E-state index in [-0.39, 0.29) is 11.9 Å². The number of benzene rings is 1. The van der Waals surface area contributed by atoms with Crippen molar-refractivity contribution in [3.63, 3.8) is 0 Å². The Morgan fingerprint density at radius 3 is 2.59 bits per heavy atom. The molecule has 2 rings (SSSR count). The Hall–Kier alpha value is -1.74. The van der Waals surface area contributed by atoms with Gasteiger partial charge in [0.25, 0.3) is 5.91 Å². The van der Waals surface area contributed by atoms with Gasteiger partial charge in [-0.05, 0) is 36.8 Å². The summed E-state index contributed by atoms with van der Waals surface area (Å²) in [5, 5.41) is 3.52. The van der Waals surface area contributed by atoms with Crippen molar-refractivity contribution in [2.24, 2.45) is 0 Å². The molecule has 1 aromatic heterocycles. The van der Waals surface area contributed by atoms with Gasteiger partial charge < -0.3 is 9.73 Å². The zero-order chi connectivity index (χ0) is 12.3. The first-order valence-electron chi connectivity index (χ1n) is 5.26. The zero-order valence-corrected chi connectivity index (χ0v) is 10.1. The maximum atomic E-state index is 11.7. The molecule has 0 aliphatic rings. The van der Waals surface area contributed by atoms with E-state index in [1.807, 2.05) is 19.1 Å². The molecule has 0 fully saturated rings.